The zero-order valence-corrected chi connectivity index (χ0v) is 35.9. The highest BCUT2D eigenvalue weighted by Crippen LogP contribution is 2.38. The molecule has 1 aromatic carbocycles. The molecular weight excluding hydrogens is 817 g/mol. The number of carbonyl (C=O) groups excluding carboxylic acids is 6. The zero-order valence-electron chi connectivity index (χ0n) is 35.0. The quantitative estimate of drug-likeness (QED) is 0.0268. The molecule has 1 aromatic heterocycles. The summed E-state index contributed by atoms with van der Waals surface area (Å²) >= 11 is 0. The van der Waals surface area contributed by atoms with Gasteiger partial charge in [-0.1, -0.05) is 55.8 Å². The molecule has 2 heterocycles. The number of oxime groups is 1. The number of rotatable bonds is 26. The average molecular weight is 878 g/mol. The number of likely N-dealkylation sites (tertiary alicyclic amines) is 1. The van der Waals surface area contributed by atoms with Crippen LogP contribution in [0.15, 0.2) is 48.0 Å². The summed E-state index contributed by atoms with van der Waals surface area (Å²) in [6.45, 7) is 6.48. The van der Waals surface area contributed by atoms with Crippen LogP contribution in [-0.4, -0.2) is 127 Å². The molecule has 0 radical (unpaired) electrons. The molecule has 0 unspecified atom stereocenters. The lowest BCUT2D eigenvalue weighted by molar-refractivity contribution is -0.139. The average Bonchev–Trinajstić information content (AvgIpc) is 3.87. The van der Waals surface area contributed by atoms with Crippen LogP contribution in [0.5, 0.6) is 0 Å². The third kappa shape index (κ3) is 17.4. The highest BCUT2D eigenvalue weighted by atomic mass is 31.2. The van der Waals surface area contributed by atoms with Gasteiger partial charge in [0.25, 0.3) is 0 Å². The molecular formula is C39H60N9O12P. The summed E-state index contributed by atoms with van der Waals surface area (Å²) < 4.78 is 17.7. The Bertz CT molecular complexity index is 1840. The van der Waals surface area contributed by atoms with Crippen molar-refractivity contribution in [1.29, 1.82) is 0 Å². The first kappa shape index (κ1) is 50.1. The number of imidazole rings is 1. The number of primary amides is 1. The van der Waals surface area contributed by atoms with Crippen molar-refractivity contribution in [2.45, 2.75) is 122 Å². The highest BCUT2D eigenvalue weighted by Gasteiger charge is 2.37. The normalized spacial score (nSPS) is 16.7. The first-order valence-electron chi connectivity index (χ1n) is 20.2. The van der Waals surface area contributed by atoms with E-state index in [-0.39, 0.29) is 24.7 Å². The Morgan fingerprint density at radius 2 is 1.61 bits per heavy atom. The fourth-order valence-corrected chi connectivity index (χ4v) is 7.26. The Morgan fingerprint density at radius 1 is 0.951 bits per heavy atom. The van der Waals surface area contributed by atoms with Gasteiger partial charge in [0, 0.05) is 38.3 Å². The van der Waals surface area contributed by atoms with Crippen LogP contribution in [0, 0.1) is 5.92 Å². The van der Waals surface area contributed by atoms with Crippen molar-refractivity contribution >= 4 is 49.5 Å². The van der Waals surface area contributed by atoms with E-state index in [0.29, 0.717) is 38.2 Å². The Balaban J connectivity index is 1.75. The number of nitrogens with zero attached hydrogens (tertiary/aromatic N) is 4. The third-order valence-electron chi connectivity index (χ3n) is 9.80. The van der Waals surface area contributed by atoms with Crippen LogP contribution in [0.1, 0.15) is 83.9 Å². The molecule has 1 aliphatic rings. The number of aromatic nitrogens is 2. The predicted octanol–water partition coefficient (Wildman–Crippen LogP) is 0.00830. The van der Waals surface area contributed by atoms with Gasteiger partial charge in [-0.3, -0.25) is 33.3 Å². The molecule has 3 rings (SSSR count). The van der Waals surface area contributed by atoms with Crippen molar-refractivity contribution in [2.75, 3.05) is 19.8 Å². The molecule has 22 heteroatoms. The minimum Gasteiger partial charge on any atom is -0.396 e. The number of aryl methyl sites for hydroxylation is 1. The number of carbonyl (C=O) groups is 6. The number of nitrogens with one attached hydrogen (secondary N) is 4. The largest absolute Gasteiger partial charge is 0.469 e. The molecule has 0 bridgehead atoms. The molecule has 0 aliphatic carbocycles. The van der Waals surface area contributed by atoms with Gasteiger partial charge in [-0.05, 0) is 56.9 Å². The van der Waals surface area contributed by atoms with Crippen LogP contribution in [0.2, 0.25) is 0 Å². The molecule has 21 nitrogen and oxygen atoms in total. The fraction of sp³-hybridized carbons (Fsp3) is 0.590. The SMILES string of the molecule is CC(=O)N1CCC[C@H]1C(=O)N[C@@H](CC(C)C)C(=O)N[C@@H](Cc1cncn1CCCCCCO/N=C/c1ccccc1)C(=O)N[C@@H](CO)C(=O)N[C@H](C(N)=O)[C@@H](C)OP(=O)(O)O. The number of phosphoric ester groups is 1. The zero-order chi connectivity index (χ0) is 45.1. The minimum atomic E-state index is -5.12. The van der Waals surface area contributed by atoms with Crippen LogP contribution in [0.3, 0.4) is 0 Å². The third-order valence-corrected chi connectivity index (χ3v) is 10.4. The summed E-state index contributed by atoms with van der Waals surface area (Å²) in [5.74, 6) is -4.92. The lowest BCUT2D eigenvalue weighted by Crippen LogP contribution is -2.61. The van der Waals surface area contributed by atoms with Crippen molar-refractivity contribution in [2.24, 2.45) is 16.8 Å². The first-order chi connectivity index (χ1) is 28.9. The van der Waals surface area contributed by atoms with E-state index in [9.17, 15) is 48.2 Å². The van der Waals surface area contributed by atoms with Gasteiger partial charge >= 0.3 is 7.82 Å². The smallest absolute Gasteiger partial charge is 0.396 e. The number of hydrogen-bond acceptors (Lipinski definition) is 12. The fourth-order valence-electron chi connectivity index (χ4n) is 6.71. The molecule has 2 aromatic rings. The van der Waals surface area contributed by atoms with Crippen molar-refractivity contribution in [3.63, 3.8) is 0 Å². The predicted molar refractivity (Wildman–Crippen MR) is 221 cm³/mol. The van der Waals surface area contributed by atoms with E-state index in [1.54, 1.807) is 12.5 Å². The Labute approximate surface area is 354 Å². The number of aliphatic hydroxyl groups excluding tert-OH is 1. The van der Waals surface area contributed by atoms with E-state index in [0.717, 1.165) is 38.2 Å². The Hall–Kier alpha value is -5.21. The molecule has 6 atom stereocenters. The minimum absolute atomic E-state index is 0.0940. The van der Waals surface area contributed by atoms with Crippen LogP contribution in [0.25, 0.3) is 0 Å². The summed E-state index contributed by atoms with van der Waals surface area (Å²) in [6.07, 6.45) is 7.37. The van der Waals surface area contributed by atoms with Gasteiger partial charge in [-0.25, -0.2) is 9.55 Å². The van der Waals surface area contributed by atoms with Gasteiger partial charge in [0.1, 0.15) is 36.8 Å². The number of unbranched alkanes of at least 4 members (excludes halogenated alkanes) is 3. The van der Waals surface area contributed by atoms with Crippen molar-refractivity contribution in [3.8, 4) is 0 Å². The molecule has 0 saturated carbocycles. The molecule has 6 amide bonds. The number of hydrogen-bond donors (Lipinski definition) is 8. The second-order valence-corrected chi connectivity index (χ2v) is 16.4. The van der Waals surface area contributed by atoms with Gasteiger partial charge in [0.2, 0.25) is 35.4 Å². The second kappa shape index (κ2) is 24.9. The molecule has 9 N–H and O–H groups in total. The van der Waals surface area contributed by atoms with E-state index < -0.39 is 80.3 Å². The summed E-state index contributed by atoms with van der Waals surface area (Å²) in [5, 5.41) is 24.1. The van der Waals surface area contributed by atoms with Crippen LogP contribution < -0.4 is 27.0 Å². The lowest BCUT2D eigenvalue weighted by atomic mass is 10.0. The summed E-state index contributed by atoms with van der Waals surface area (Å²) in [6, 6.07) is 2.74. The number of aliphatic hydroxyl groups is 1. The topological polar surface area (TPSA) is 306 Å². The maximum atomic E-state index is 14.0. The summed E-state index contributed by atoms with van der Waals surface area (Å²) in [7, 11) is -5.12. The number of benzene rings is 1. The Morgan fingerprint density at radius 3 is 2.25 bits per heavy atom. The molecule has 338 valence electrons. The van der Waals surface area contributed by atoms with E-state index in [1.807, 2.05) is 48.7 Å². The number of amides is 6. The van der Waals surface area contributed by atoms with Gasteiger partial charge in [-0.15, -0.1) is 0 Å². The summed E-state index contributed by atoms with van der Waals surface area (Å²) in [5.41, 5.74) is 6.81. The maximum Gasteiger partial charge on any atom is 0.469 e. The monoisotopic (exact) mass is 877 g/mol. The Kier molecular flexibility index (Phi) is 20.5. The van der Waals surface area contributed by atoms with E-state index >= 15 is 0 Å². The van der Waals surface area contributed by atoms with E-state index in [4.69, 9.17) is 10.6 Å². The van der Waals surface area contributed by atoms with Crippen molar-refractivity contribution in [3.05, 3.63) is 54.1 Å². The van der Waals surface area contributed by atoms with E-state index in [2.05, 4.69) is 35.9 Å². The molecule has 1 fully saturated rings. The standard InChI is InChI=1S/C39H60N9O12P/c1-25(2)19-30(44-39(55)33-15-12-17-48(33)27(4)50)36(52)43-31(37(53)45-32(23-49)38(54)46-34(35(40)51)26(3)60-61(56,57)58)20-29-22-41-24-47(29)16-10-5-6-11-18-59-42-21-28-13-8-7-9-14-28/h7-9,13-14,21-22,24-26,30-34,49H,5-6,10-12,15-20,23H2,1-4H3,(H2,40,51)(H,43,52)(H,44,55)(H,45,53)(H,46,54)(H2,56,57,58)/b42-21+/t26-,30+,31+,32+,33+,34+/m1/s1. The molecule has 1 saturated heterocycles. The highest BCUT2D eigenvalue weighted by molar-refractivity contribution is 7.46. The molecule has 1 aliphatic heterocycles. The van der Waals surface area contributed by atoms with Gasteiger partial charge in [0.05, 0.1) is 25.3 Å². The van der Waals surface area contributed by atoms with Crippen LogP contribution >= 0.6 is 7.82 Å². The molecule has 0 spiro atoms. The molecule has 61 heavy (non-hydrogen) atoms. The van der Waals surface area contributed by atoms with E-state index in [1.165, 1.54) is 18.0 Å². The second-order valence-electron chi connectivity index (χ2n) is 15.2. The van der Waals surface area contributed by atoms with Gasteiger partial charge < -0.3 is 56.2 Å². The maximum absolute atomic E-state index is 14.0. The number of nitrogens with two attached hydrogens (primary N) is 1. The lowest BCUT2D eigenvalue weighted by Gasteiger charge is -2.28. The van der Waals surface area contributed by atoms with Crippen molar-refractivity contribution in [1.82, 2.24) is 35.7 Å². The van der Waals surface area contributed by atoms with Gasteiger partial charge in [0.15, 0.2) is 0 Å². The van der Waals surface area contributed by atoms with Crippen LogP contribution in [-0.2, 0) is 55.7 Å². The van der Waals surface area contributed by atoms with Crippen molar-refractivity contribution < 1.29 is 57.6 Å². The summed E-state index contributed by atoms with van der Waals surface area (Å²) in [4.78, 5) is 108. The van der Waals surface area contributed by atoms with Gasteiger partial charge in [-0.2, -0.15) is 0 Å². The van der Waals surface area contributed by atoms with Crippen LogP contribution in [0.4, 0.5) is 0 Å². The number of phosphoric acid groups is 1. The first-order valence-corrected chi connectivity index (χ1v) is 21.7.